The van der Waals surface area contributed by atoms with Crippen LogP contribution in [0.2, 0.25) is 0 Å². The number of carbonyl (C=O) groups excluding carboxylic acids is 2. The number of fused-ring (bicyclic) bond motifs is 1. The van der Waals surface area contributed by atoms with E-state index < -0.39 is 23.4 Å². The Bertz CT molecular complexity index is 940. The number of thioether (sulfide) groups is 1. The van der Waals surface area contributed by atoms with Crippen LogP contribution in [0.5, 0.6) is 5.75 Å². The van der Waals surface area contributed by atoms with Crippen LogP contribution in [0.3, 0.4) is 0 Å². The minimum Gasteiger partial charge on any atom is -0.460 e. The third-order valence-electron chi connectivity index (χ3n) is 4.52. The second-order valence-electron chi connectivity index (χ2n) is 6.54. The summed E-state index contributed by atoms with van der Waals surface area (Å²) in [5, 5.41) is 11.4. The van der Waals surface area contributed by atoms with Gasteiger partial charge in [-0.25, -0.2) is 0 Å². The Morgan fingerprint density at radius 2 is 2.07 bits per heavy atom. The summed E-state index contributed by atoms with van der Waals surface area (Å²) >= 11 is 6.51. The smallest absolute Gasteiger partial charge is 0.325 e. The molecule has 6 nitrogen and oxygen atoms in total. The minimum absolute atomic E-state index is 0.0705. The molecule has 3 rings (SSSR count). The number of aliphatic hydroxyl groups excluding tert-OH is 1. The summed E-state index contributed by atoms with van der Waals surface area (Å²) < 4.78 is 11.0. The largest absolute Gasteiger partial charge is 0.460 e. The predicted octanol–water partition coefficient (Wildman–Crippen LogP) is 3.13. The van der Waals surface area contributed by atoms with Crippen molar-refractivity contribution in [3.05, 3.63) is 55.1 Å². The van der Waals surface area contributed by atoms with Crippen LogP contribution >= 0.6 is 24.0 Å². The Morgan fingerprint density at radius 1 is 1.34 bits per heavy atom. The second-order valence-corrected chi connectivity index (χ2v) is 8.26. The van der Waals surface area contributed by atoms with E-state index in [2.05, 4.69) is 6.58 Å². The number of aliphatic hydroxyl groups is 1. The number of ether oxygens (including phenoxy) is 2. The third-order valence-corrected chi connectivity index (χ3v) is 5.96. The van der Waals surface area contributed by atoms with Crippen LogP contribution in [-0.4, -0.2) is 50.9 Å². The number of β-lactam (4-membered cyclic amide) rings is 1. The molecule has 0 radical (unpaired) electrons. The van der Waals surface area contributed by atoms with Gasteiger partial charge in [-0.05, 0) is 30.6 Å². The van der Waals surface area contributed by atoms with Gasteiger partial charge in [0, 0.05) is 5.39 Å². The quantitative estimate of drug-likeness (QED) is 0.312. The molecular formula is C21H21NO5S2. The monoisotopic (exact) mass is 431 g/mol. The summed E-state index contributed by atoms with van der Waals surface area (Å²) in [6.45, 7) is 4.88. The first-order chi connectivity index (χ1) is 13.9. The van der Waals surface area contributed by atoms with Gasteiger partial charge in [-0.15, -0.1) is 0 Å². The van der Waals surface area contributed by atoms with Crippen molar-refractivity contribution in [2.24, 2.45) is 5.92 Å². The van der Waals surface area contributed by atoms with Crippen molar-refractivity contribution in [2.75, 3.05) is 13.2 Å². The van der Waals surface area contributed by atoms with E-state index in [4.69, 9.17) is 21.7 Å². The van der Waals surface area contributed by atoms with Crippen molar-refractivity contribution in [1.29, 1.82) is 0 Å². The molecule has 1 saturated heterocycles. The Morgan fingerprint density at radius 3 is 2.79 bits per heavy atom. The van der Waals surface area contributed by atoms with Gasteiger partial charge in [-0.1, -0.05) is 60.8 Å². The molecule has 1 aliphatic heterocycles. The van der Waals surface area contributed by atoms with E-state index in [-0.39, 0.29) is 23.4 Å². The number of hydrogen-bond donors (Lipinski definition) is 1. The average molecular weight is 432 g/mol. The zero-order valence-electron chi connectivity index (χ0n) is 15.8. The molecule has 1 heterocycles. The van der Waals surface area contributed by atoms with Crippen molar-refractivity contribution < 1.29 is 24.2 Å². The molecule has 0 bridgehead atoms. The van der Waals surface area contributed by atoms with Crippen LogP contribution in [0, 0.1) is 5.92 Å². The normalized spacial score (nSPS) is 19.4. The maximum absolute atomic E-state index is 12.4. The second kappa shape index (κ2) is 9.39. The number of amides is 1. The summed E-state index contributed by atoms with van der Waals surface area (Å²) in [6.07, 6.45) is 0.578. The Kier molecular flexibility index (Phi) is 6.89. The number of thiocarbonyl (C=S) groups is 1. The summed E-state index contributed by atoms with van der Waals surface area (Å²) in [5.74, 6) is -0.923. The predicted molar refractivity (Wildman–Crippen MR) is 117 cm³/mol. The first-order valence-corrected chi connectivity index (χ1v) is 10.3. The highest BCUT2D eigenvalue weighted by molar-refractivity contribution is 8.23. The molecule has 1 aliphatic rings. The van der Waals surface area contributed by atoms with Crippen LogP contribution in [0.25, 0.3) is 10.8 Å². The van der Waals surface area contributed by atoms with E-state index in [1.54, 1.807) is 0 Å². The number of rotatable bonds is 7. The van der Waals surface area contributed by atoms with Crippen LogP contribution in [0.15, 0.2) is 55.1 Å². The Hall–Kier alpha value is -2.42. The van der Waals surface area contributed by atoms with Gasteiger partial charge in [0.15, 0.2) is 0 Å². The summed E-state index contributed by atoms with van der Waals surface area (Å²) in [6, 6.07) is 13.4. The molecule has 0 saturated carbocycles. The highest BCUT2D eigenvalue weighted by Crippen LogP contribution is 2.39. The van der Waals surface area contributed by atoms with Gasteiger partial charge in [-0.2, -0.15) is 0 Å². The van der Waals surface area contributed by atoms with Gasteiger partial charge in [-0.3, -0.25) is 9.59 Å². The molecule has 2 aromatic carbocycles. The van der Waals surface area contributed by atoms with Gasteiger partial charge in [0.05, 0.1) is 12.0 Å². The molecule has 0 aliphatic carbocycles. The number of carbonyl (C=O) groups is 2. The lowest BCUT2D eigenvalue weighted by Gasteiger charge is -2.46. The lowest BCUT2D eigenvalue weighted by Crippen LogP contribution is -2.64. The van der Waals surface area contributed by atoms with Crippen molar-refractivity contribution in [3.63, 3.8) is 0 Å². The SMILES string of the molecule is C=CCOC(=O)CN1C(=O)C(C(C)O)C1SC(=S)Oc1cccc2ccccc12. The highest BCUT2D eigenvalue weighted by Gasteiger charge is 2.51. The van der Waals surface area contributed by atoms with Gasteiger partial charge >= 0.3 is 5.97 Å². The average Bonchev–Trinajstić information content (AvgIpc) is 2.70. The van der Waals surface area contributed by atoms with E-state index >= 15 is 0 Å². The molecular weight excluding hydrogens is 410 g/mol. The topological polar surface area (TPSA) is 76.1 Å². The lowest BCUT2D eigenvalue weighted by atomic mass is 9.93. The lowest BCUT2D eigenvalue weighted by molar-refractivity contribution is -0.164. The summed E-state index contributed by atoms with van der Waals surface area (Å²) in [4.78, 5) is 25.6. The van der Waals surface area contributed by atoms with Crippen molar-refractivity contribution in [3.8, 4) is 5.75 Å². The van der Waals surface area contributed by atoms with Crippen LogP contribution in [-0.2, 0) is 14.3 Å². The van der Waals surface area contributed by atoms with E-state index in [0.29, 0.717) is 5.75 Å². The zero-order chi connectivity index (χ0) is 21.0. The number of esters is 1. The Labute approximate surface area is 178 Å². The molecule has 1 N–H and O–H groups in total. The zero-order valence-corrected chi connectivity index (χ0v) is 17.4. The molecule has 3 unspecified atom stereocenters. The first kappa shape index (κ1) is 21.3. The number of nitrogens with zero attached hydrogens (tertiary/aromatic N) is 1. The van der Waals surface area contributed by atoms with Crippen molar-refractivity contribution in [2.45, 2.75) is 18.4 Å². The van der Waals surface area contributed by atoms with Gasteiger partial charge in [0.25, 0.3) is 0 Å². The molecule has 1 amide bonds. The van der Waals surface area contributed by atoms with Gasteiger partial charge in [0.1, 0.15) is 24.3 Å². The van der Waals surface area contributed by atoms with Crippen molar-refractivity contribution in [1.82, 2.24) is 4.90 Å². The van der Waals surface area contributed by atoms with Gasteiger partial charge < -0.3 is 19.5 Å². The van der Waals surface area contributed by atoms with Crippen LogP contribution in [0.1, 0.15) is 6.92 Å². The number of hydrogen-bond acceptors (Lipinski definition) is 7. The minimum atomic E-state index is -0.874. The fourth-order valence-corrected chi connectivity index (χ4v) is 4.65. The van der Waals surface area contributed by atoms with E-state index in [1.807, 2.05) is 42.5 Å². The number of benzene rings is 2. The fraction of sp³-hybridized carbons (Fsp3) is 0.286. The third kappa shape index (κ3) is 4.77. The van der Waals surface area contributed by atoms with E-state index in [1.165, 1.54) is 17.9 Å². The summed E-state index contributed by atoms with van der Waals surface area (Å²) in [5.41, 5.74) is 0. The molecule has 0 spiro atoms. The molecule has 29 heavy (non-hydrogen) atoms. The molecule has 152 valence electrons. The Balaban J connectivity index is 1.70. The van der Waals surface area contributed by atoms with Crippen LogP contribution in [0.4, 0.5) is 0 Å². The van der Waals surface area contributed by atoms with Crippen LogP contribution < -0.4 is 4.74 Å². The van der Waals surface area contributed by atoms with E-state index in [0.717, 1.165) is 22.5 Å². The fourth-order valence-electron chi connectivity index (χ4n) is 3.13. The maximum Gasteiger partial charge on any atom is 0.325 e. The summed E-state index contributed by atoms with van der Waals surface area (Å²) in [7, 11) is 0. The first-order valence-electron chi connectivity index (χ1n) is 9.03. The maximum atomic E-state index is 12.4. The molecule has 8 heteroatoms. The van der Waals surface area contributed by atoms with Crippen molar-refractivity contribution >= 4 is 51.0 Å². The standard InChI is InChI=1S/C21H21NO5S2/c1-3-11-26-17(24)12-22-19(25)18(13(2)23)20(22)29-21(28)27-16-10-6-8-14-7-4-5-9-15(14)16/h3-10,13,18,20,23H,1,11-12H2,2H3. The van der Waals surface area contributed by atoms with E-state index in [9.17, 15) is 14.7 Å². The molecule has 3 atom stereocenters. The highest BCUT2D eigenvalue weighted by atomic mass is 32.2. The molecule has 1 fully saturated rings. The molecule has 2 aromatic rings. The molecule has 0 aromatic heterocycles. The van der Waals surface area contributed by atoms with Gasteiger partial charge in [0.2, 0.25) is 10.3 Å². The number of likely N-dealkylation sites (tertiary alicyclic amines) is 1.